The summed E-state index contributed by atoms with van der Waals surface area (Å²) in [7, 11) is 0. The van der Waals surface area contributed by atoms with Gasteiger partial charge in [-0.05, 0) is 0 Å². The van der Waals surface area contributed by atoms with Crippen LogP contribution in [0.1, 0.15) is 0 Å². The Balaban J connectivity index is 0.00000256. The van der Waals surface area contributed by atoms with Gasteiger partial charge in [0.25, 0.3) is 11.4 Å². The molecule has 0 bridgehead atoms. The standard InChI is InChI=1S/C6H3N3O7.Zn/c10-6-4(8(13)14)1-3(7(11)12)2-5(6)9(15)16;/h1-2,10H;. The Hall–Kier alpha value is -2.16. The first-order valence-electron chi connectivity index (χ1n) is 3.64. The van der Waals surface area contributed by atoms with E-state index in [9.17, 15) is 30.3 Å². The first kappa shape index (κ1) is 14.8. The molecular formula is C6H3N3O7Zn. The Bertz CT molecular complexity index is 467. The minimum atomic E-state index is -1.21. The van der Waals surface area contributed by atoms with Crippen molar-refractivity contribution in [2.24, 2.45) is 0 Å². The summed E-state index contributed by atoms with van der Waals surface area (Å²) in [6.45, 7) is 0. The van der Waals surface area contributed by atoms with Crippen molar-refractivity contribution >= 4 is 17.1 Å². The summed E-state index contributed by atoms with van der Waals surface area (Å²) in [6, 6.07) is 0.894. The van der Waals surface area contributed by atoms with E-state index < -0.39 is 37.6 Å². The van der Waals surface area contributed by atoms with E-state index in [1.807, 2.05) is 0 Å². The minimum Gasteiger partial charge on any atom is -0.497 e. The first-order chi connectivity index (χ1) is 7.34. The third-order valence-electron chi connectivity index (χ3n) is 1.66. The molecule has 0 atom stereocenters. The maximum Gasteiger partial charge on any atom is 0.324 e. The van der Waals surface area contributed by atoms with Gasteiger partial charge in [0.05, 0.1) is 26.9 Å². The van der Waals surface area contributed by atoms with Crippen LogP contribution >= 0.6 is 0 Å². The monoisotopic (exact) mass is 293 g/mol. The molecule has 0 saturated heterocycles. The maximum atomic E-state index is 10.4. The van der Waals surface area contributed by atoms with Gasteiger partial charge in [-0.25, -0.2) is 0 Å². The number of nitrogens with zero attached hydrogens (tertiary/aromatic N) is 3. The van der Waals surface area contributed by atoms with Crippen molar-refractivity contribution < 1.29 is 39.4 Å². The zero-order chi connectivity index (χ0) is 12.5. The van der Waals surface area contributed by atoms with Crippen molar-refractivity contribution in [2.75, 3.05) is 0 Å². The van der Waals surface area contributed by atoms with Gasteiger partial charge >= 0.3 is 11.4 Å². The van der Waals surface area contributed by atoms with Crippen LogP contribution < -0.4 is 0 Å². The third-order valence-corrected chi connectivity index (χ3v) is 1.66. The van der Waals surface area contributed by atoms with Crippen molar-refractivity contribution in [3.63, 3.8) is 0 Å². The van der Waals surface area contributed by atoms with Gasteiger partial charge in [0.15, 0.2) is 0 Å². The number of nitro benzene ring substituents is 3. The number of hydrogen-bond acceptors (Lipinski definition) is 7. The number of rotatable bonds is 3. The topological polar surface area (TPSA) is 150 Å². The Morgan fingerprint density at radius 1 is 0.882 bits per heavy atom. The molecule has 17 heavy (non-hydrogen) atoms. The van der Waals surface area contributed by atoms with E-state index in [1.54, 1.807) is 0 Å². The van der Waals surface area contributed by atoms with Crippen LogP contribution in [-0.4, -0.2) is 19.9 Å². The summed E-state index contributed by atoms with van der Waals surface area (Å²) >= 11 is 0. The summed E-state index contributed by atoms with van der Waals surface area (Å²) in [5.41, 5.74) is -3.00. The van der Waals surface area contributed by atoms with Crippen LogP contribution in [-0.2, 0) is 19.5 Å². The molecule has 1 N–H and O–H groups in total. The average Bonchev–Trinajstić information content (AvgIpc) is 2.16. The Labute approximate surface area is 105 Å². The zero-order valence-electron chi connectivity index (χ0n) is 8.10. The van der Waals surface area contributed by atoms with Gasteiger partial charge in [0.1, 0.15) is 0 Å². The number of benzene rings is 1. The molecule has 11 heteroatoms. The molecule has 0 heterocycles. The van der Waals surface area contributed by atoms with Crippen molar-refractivity contribution in [3.05, 3.63) is 42.5 Å². The van der Waals surface area contributed by atoms with Gasteiger partial charge in [-0.3, -0.25) is 30.3 Å². The Morgan fingerprint density at radius 2 is 1.24 bits per heavy atom. The molecule has 0 spiro atoms. The Kier molecular flexibility index (Phi) is 4.59. The van der Waals surface area contributed by atoms with Crippen LogP contribution in [0.15, 0.2) is 12.1 Å². The van der Waals surface area contributed by atoms with Crippen LogP contribution in [0.5, 0.6) is 5.75 Å². The van der Waals surface area contributed by atoms with Crippen molar-refractivity contribution in [2.45, 2.75) is 0 Å². The molecule has 86 valence electrons. The van der Waals surface area contributed by atoms with Crippen LogP contribution in [0.4, 0.5) is 17.1 Å². The molecule has 0 radical (unpaired) electrons. The van der Waals surface area contributed by atoms with Gasteiger partial charge in [-0.2, -0.15) is 0 Å². The summed E-state index contributed by atoms with van der Waals surface area (Å²) in [5.74, 6) is -1.21. The number of hydrogen-bond donors (Lipinski definition) is 1. The number of phenols is 1. The molecule has 0 unspecified atom stereocenters. The van der Waals surface area contributed by atoms with Crippen LogP contribution in [0, 0.1) is 30.3 Å². The van der Waals surface area contributed by atoms with Crippen LogP contribution in [0.3, 0.4) is 0 Å². The van der Waals surface area contributed by atoms with Gasteiger partial charge in [0.2, 0.25) is 0 Å². The quantitative estimate of drug-likeness (QED) is 0.498. The molecule has 1 aromatic carbocycles. The van der Waals surface area contributed by atoms with E-state index in [4.69, 9.17) is 5.11 Å². The fourth-order valence-electron chi connectivity index (χ4n) is 0.974. The molecule has 1 aromatic rings. The number of nitro groups is 3. The zero-order valence-corrected chi connectivity index (χ0v) is 11.1. The average molecular weight is 294 g/mol. The second-order valence-electron chi connectivity index (χ2n) is 2.60. The summed E-state index contributed by atoms with van der Waals surface area (Å²) < 4.78 is 0. The van der Waals surface area contributed by atoms with E-state index >= 15 is 0 Å². The third kappa shape index (κ3) is 2.91. The van der Waals surface area contributed by atoms with E-state index in [0.29, 0.717) is 12.1 Å². The molecular weight excluding hydrogens is 291 g/mol. The second-order valence-corrected chi connectivity index (χ2v) is 2.60. The second kappa shape index (κ2) is 5.26. The van der Waals surface area contributed by atoms with Crippen molar-refractivity contribution in [1.82, 2.24) is 0 Å². The Morgan fingerprint density at radius 3 is 1.47 bits per heavy atom. The predicted molar refractivity (Wildman–Crippen MR) is 48.1 cm³/mol. The maximum absolute atomic E-state index is 10.4. The first-order valence-corrected chi connectivity index (χ1v) is 3.64. The number of phenolic OH excluding ortho intramolecular Hbond substituents is 1. The van der Waals surface area contributed by atoms with Gasteiger partial charge in [-0.1, -0.05) is 0 Å². The summed E-state index contributed by atoms with van der Waals surface area (Å²) in [6.07, 6.45) is 0. The van der Waals surface area contributed by atoms with Gasteiger partial charge in [0, 0.05) is 19.5 Å². The molecule has 0 aliphatic carbocycles. The molecule has 0 aliphatic heterocycles. The normalized spacial score (nSPS) is 9.18. The van der Waals surface area contributed by atoms with Crippen molar-refractivity contribution in [3.8, 4) is 5.75 Å². The minimum absolute atomic E-state index is 0. The van der Waals surface area contributed by atoms with Crippen molar-refractivity contribution in [1.29, 1.82) is 0 Å². The van der Waals surface area contributed by atoms with Gasteiger partial charge < -0.3 is 5.11 Å². The van der Waals surface area contributed by atoms with Crippen LogP contribution in [0.2, 0.25) is 0 Å². The fraction of sp³-hybridized carbons (Fsp3) is 0. The number of non-ortho nitro benzene ring substituents is 1. The molecule has 0 amide bonds. The predicted octanol–water partition coefficient (Wildman–Crippen LogP) is 1.11. The van der Waals surface area contributed by atoms with E-state index in [0.717, 1.165) is 0 Å². The van der Waals surface area contributed by atoms with E-state index in [1.165, 1.54) is 0 Å². The van der Waals surface area contributed by atoms with Crippen LogP contribution in [0.25, 0.3) is 0 Å². The smallest absolute Gasteiger partial charge is 0.324 e. The molecule has 0 saturated carbocycles. The molecule has 0 aromatic heterocycles. The fourth-order valence-corrected chi connectivity index (χ4v) is 0.974. The number of aromatic hydroxyl groups is 1. The van der Waals surface area contributed by atoms with Gasteiger partial charge in [-0.15, -0.1) is 0 Å². The summed E-state index contributed by atoms with van der Waals surface area (Å²) in [5, 5.41) is 40.2. The molecule has 1 rings (SSSR count). The molecule has 0 aliphatic rings. The summed E-state index contributed by atoms with van der Waals surface area (Å²) in [4.78, 5) is 27.8. The van der Waals surface area contributed by atoms with E-state index in [-0.39, 0.29) is 19.5 Å². The SMILES string of the molecule is O=[N+]([O-])c1cc([N+](=O)[O-])c(O)c([N+](=O)[O-])c1.[Zn]. The molecule has 0 fully saturated rings. The molecule has 10 nitrogen and oxygen atoms in total. The largest absolute Gasteiger partial charge is 0.497 e. The van der Waals surface area contributed by atoms with E-state index in [2.05, 4.69) is 0 Å².